The monoisotopic (exact) mass is 302 g/mol. The summed E-state index contributed by atoms with van der Waals surface area (Å²) in [6, 6.07) is 0.299. The molecule has 5 heteroatoms. The molecule has 20 heavy (non-hydrogen) atoms. The van der Waals surface area contributed by atoms with Gasteiger partial charge in [0.15, 0.2) is 0 Å². The van der Waals surface area contributed by atoms with Gasteiger partial charge >= 0.3 is 6.09 Å². The van der Waals surface area contributed by atoms with Crippen molar-refractivity contribution in [2.24, 2.45) is 11.8 Å². The zero-order chi connectivity index (χ0) is 15.2. The summed E-state index contributed by atoms with van der Waals surface area (Å²) in [5, 5.41) is 6.46. The Morgan fingerprint density at radius 1 is 1.40 bits per heavy atom. The number of thioether (sulfide) groups is 1. The Balaban J connectivity index is 2.29. The predicted octanol–water partition coefficient (Wildman–Crippen LogP) is 2.88. The smallest absolute Gasteiger partial charge is 0.407 e. The van der Waals surface area contributed by atoms with Crippen molar-refractivity contribution >= 4 is 17.9 Å². The first-order valence-electron chi connectivity index (χ1n) is 7.56. The van der Waals surface area contributed by atoms with Crippen LogP contribution < -0.4 is 10.6 Å². The fraction of sp³-hybridized carbons (Fsp3) is 0.933. The second kappa shape index (κ2) is 8.13. The first-order chi connectivity index (χ1) is 9.28. The summed E-state index contributed by atoms with van der Waals surface area (Å²) >= 11 is 2.04. The second-order valence-electron chi connectivity index (χ2n) is 6.87. The number of nitrogens with one attached hydrogen (secondary N) is 2. The van der Waals surface area contributed by atoms with Crippen LogP contribution in [0.15, 0.2) is 0 Å². The van der Waals surface area contributed by atoms with Crippen LogP contribution in [0, 0.1) is 11.8 Å². The lowest BCUT2D eigenvalue weighted by Gasteiger charge is -2.26. The van der Waals surface area contributed by atoms with Crippen molar-refractivity contribution in [3.8, 4) is 0 Å². The lowest BCUT2D eigenvalue weighted by molar-refractivity contribution is 0.0519. The molecular formula is C15H30N2O2S. The van der Waals surface area contributed by atoms with Crippen LogP contribution in [0.3, 0.4) is 0 Å². The lowest BCUT2D eigenvalue weighted by atomic mass is 10.0. The second-order valence-corrected chi connectivity index (χ2v) is 8.02. The molecule has 0 saturated carbocycles. The molecule has 2 unspecified atom stereocenters. The van der Waals surface area contributed by atoms with Gasteiger partial charge in [-0.3, -0.25) is 0 Å². The standard InChI is InChI=1S/C15H30N2O2S/c1-11(2)13(16-8-12-6-7-20-10-12)9-17-14(18)19-15(3,4)5/h11-13,16H,6-10H2,1-5H3,(H,17,18). The summed E-state index contributed by atoms with van der Waals surface area (Å²) in [5.41, 5.74) is -0.439. The Bertz CT molecular complexity index is 297. The third kappa shape index (κ3) is 7.39. The van der Waals surface area contributed by atoms with Gasteiger partial charge in [0, 0.05) is 12.6 Å². The molecule has 1 aliphatic rings. The van der Waals surface area contributed by atoms with Crippen molar-refractivity contribution < 1.29 is 9.53 Å². The number of alkyl carbamates (subject to hydrolysis) is 1. The summed E-state index contributed by atoms with van der Waals surface area (Å²) < 4.78 is 5.26. The number of ether oxygens (including phenoxy) is 1. The fourth-order valence-corrected chi connectivity index (χ4v) is 3.40. The number of carbonyl (C=O) groups excluding carboxylic acids is 1. The summed E-state index contributed by atoms with van der Waals surface area (Å²) in [5.74, 6) is 3.81. The molecule has 2 atom stereocenters. The van der Waals surface area contributed by atoms with E-state index < -0.39 is 5.60 Å². The molecule has 1 aliphatic heterocycles. The Labute approximate surface area is 127 Å². The molecular weight excluding hydrogens is 272 g/mol. The maximum absolute atomic E-state index is 11.7. The number of amides is 1. The minimum atomic E-state index is -0.439. The zero-order valence-electron chi connectivity index (χ0n) is 13.5. The van der Waals surface area contributed by atoms with E-state index in [1.165, 1.54) is 17.9 Å². The van der Waals surface area contributed by atoms with Crippen molar-refractivity contribution in [3.05, 3.63) is 0 Å². The van der Waals surface area contributed by atoms with Crippen LogP contribution in [0.1, 0.15) is 41.0 Å². The van der Waals surface area contributed by atoms with E-state index in [-0.39, 0.29) is 6.09 Å². The third-order valence-corrected chi connectivity index (χ3v) is 4.59. The number of carbonyl (C=O) groups is 1. The normalized spacial score (nSPS) is 21.0. The Morgan fingerprint density at radius 2 is 2.10 bits per heavy atom. The van der Waals surface area contributed by atoms with Crippen LogP contribution in [-0.4, -0.2) is 42.3 Å². The average molecular weight is 302 g/mol. The van der Waals surface area contributed by atoms with E-state index in [4.69, 9.17) is 4.74 Å². The van der Waals surface area contributed by atoms with Gasteiger partial charge in [0.05, 0.1) is 0 Å². The molecule has 118 valence electrons. The van der Waals surface area contributed by atoms with Gasteiger partial charge in [-0.1, -0.05) is 13.8 Å². The maximum atomic E-state index is 11.7. The quantitative estimate of drug-likeness (QED) is 0.792. The van der Waals surface area contributed by atoms with Crippen LogP contribution >= 0.6 is 11.8 Å². The molecule has 0 aromatic carbocycles. The van der Waals surface area contributed by atoms with E-state index in [0.29, 0.717) is 18.5 Å². The molecule has 0 aromatic heterocycles. The maximum Gasteiger partial charge on any atom is 0.407 e. The summed E-state index contributed by atoms with van der Waals surface area (Å²) in [6.07, 6.45) is 0.975. The SMILES string of the molecule is CC(C)C(CNC(=O)OC(C)(C)C)NCC1CCSC1. The zero-order valence-corrected chi connectivity index (χ0v) is 14.3. The highest BCUT2D eigenvalue weighted by Crippen LogP contribution is 2.22. The van der Waals surface area contributed by atoms with Crippen molar-refractivity contribution in [2.75, 3.05) is 24.6 Å². The predicted molar refractivity (Wildman–Crippen MR) is 86.3 cm³/mol. The van der Waals surface area contributed by atoms with E-state index in [1.54, 1.807) is 0 Å². The van der Waals surface area contributed by atoms with Crippen molar-refractivity contribution in [1.82, 2.24) is 10.6 Å². The minimum absolute atomic E-state index is 0.299. The molecule has 1 fully saturated rings. The van der Waals surface area contributed by atoms with Crippen molar-refractivity contribution in [1.29, 1.82) is 0 Å². The van der Waals surface area contributed by atoms with Crippen molar-refractivity contribution in [3.63, 3.8) is 0 Å². The minimum Gasteiger partial charge on any atom is -0.444 e. The lowest BCUT2D eigenvalue weighted by Crippen LogP contribution is -2.46. The first kappa shape index (κ1) is 17.6. The summed E-state index contributed by atoms with van der Waals surface area (Å²) in [4.78, 5) is 11.7. The Morgan fingerprint density at radius 3 is 2.60 bits per heavy atom. The molecule has 4 nitrogen and oxygen atoms in total. The van der Waals surface area contributed by atoms with Gasteiger partial charge in [0.1, 0.15) is 5.60 Å². The van der Waals surface area contributed by atoms with E-state index in [2.05, 4.69) is 24.5 Å². The molecule has 0 aromatic rings. The fourth-order valence-electron chi connectivity index (χ4n) is 2.11. The number of hydrogen-bond donors (Lipinski definition) is 2. The topological polar surface area (TPSA) is 50.4 Å². The van der Waals surface area contributed by atoms with Crippen LogP contribution in [-0.2, 0) is 4.74 Å². The van der Waals surface area contributed by atoms with Gasteiger partial charge < -0.3 is 15.4 Å². The Kier molecular flexibility index (Phi) is 7.17. The third-order valence-electron chi connectivity index (χ3n) is 3.36. The molecule has 0 spiro atoms. The highest BCUT2D eigenvalue weighted by Gasteiger charge is 2.21. The Hall–Kier alpha value is -0.420. The highest BCUT2D eigenvalue weighted by molar-refractivity contribution is 7.99. The molecule has 0 radical (unpaired) electrons. The van der Waals surface area contributed by atoms with Crippen molar-refractivity contribution in [2.45, 2.75) is 52.7 Å². The highest BCUT2D eigenvalue weighted by atomic mass is 32.2. The van der Waals surface area contributed by atoms with Gasteiger partial charge in [-0.15, -0.1) is 0 Å². The van der Waals surface area contributed by atoms with Crippen LogP contribution in [0.2, 0.25) is 0 Å². The van der Waals surface area contributed by atoms with E-state index in [0.717, 1.165) is 12.5 Å². The number of hydrogen-bond acceptors (Lipinski definition) is 4. The average Bonchev–Trinajstić information content (AvgIpc) is 2.78. The van der Waals surface area contributed by atoms with Gasteiger partial charge in [0.25, 0.3) is 0 Å². The van der Waals surface area contributed by atoms with E-state index >= 15 is 0 Å². The molecule has 0 bridgehead atoms. The first-order valence-corrected chi connectivity index (χ1v) is 8.71. The molecule has 1 rings (SSSR count). The largest absolute Gasteiger partial charge is 0.444 e. The van der Waals surface area contributed by atoms with Gasteiger partial charge in [0.2, 0.25) is 0 Å². The van der Waals surface area contributed by atoms with E-state index in [9.17, 15) is 4.79 Å². The van der Waals surface area contributed by atoms with E-state index in [1.807, 2.05) is 32.5 Å². The molecule has 1 heterocycles. The van der Waals surface area contributed by atoms with Crippen LogP contribution in [0.5, 0.6) is 0 Å². The summed E-state index contributed by atoms with van der Waals surface area (Å²) in [7, 11) is 0. The van der Waals surface area contributed by atoms with Crippen LogP contribution in [0.4, 0.5) is 4.79 Å². The molecule has 1 amide bonds. The number of rotatable bonds is 6. The molecule has 0 aliphatic carbocycles. The van der Waals surface area contributed by atoms with Gasteiger partial charge in [-0.2, -0.15) is 11.8 Å². The molecule has 2 N–H and O–H groups in total. The van der Waals surface area contributed by atoms with Gasteiger partial charge in [-0.05, 0) is 57.1 Å². The molecule has 1 saturated heterocycles. The summed E-state index contributed by atoms with van der Waals surface area (Å²) in [6.45, 7) is 11.7. The van der Waals surface area contributed by atoms with Crippen LogP contribution in [0.25, 0.3) is 0 Å². The van der Waals surface area contributed by atoms with Gasteiger partial charge in [-0.25, -0.2) is 4.79 Å².